The number of aliphatic hydroxyl groups is 2. The minimum Gasteiger partial charge on any atom is -0.457 e. The summed E-state index contributed by atoms with van der Waals surface area (Å²) in [5.41, 5.74) is 0. The molecule has 0 rings (SSSR count). The van der Waals surface area contributed by atoms with Gasteiger partial charge in [0.05, 0.1) is 13.2 Å². The number of aliphatic hydroxyl groups excluding tert-OH is 2. The fourth-order valence-electron chi connectivity index (χ4n) is 3.02. The average Bonchev–Trinajstić information content (AvgIpc) is 2.62. The van der Waals surface area contributed by atoms with Crippen LogP contribution >= 0.6 is 0 Å². The Kier molecular flexibility index (Phi) is 26.3. The van der Waals surface area contributed by atoms with Crippen LogP contribution in [0, 0.1) is 0 Å². The van der Waals surface area contributed by atoms with Crippen LogP contribution in [0.5, 0.6) is 0 Å². The van der Waals surface area contributed by atoms with Gasteiger partial charge in [-0.25, -0.2) is 0 Å². The first-order valence-corrected chi connectivity index (χ1v) is 10.7. The first kappa shape index (κ1) is 28.9. The first-order valence-electron chi connectivity index (χ1n) is 10.7. The molecule has 0 unspecified atom stereocenters. The smallest absolute Gasteiger partial charge is 0.457 e. The van der Waals surface area contributed by atoms with E-state index >= 15 is 0 Å². The van der Waals surface area contributed by atoms with Gasteiger partial charge in [-0.3, -0.25) is 4.79 Å². The summed E-state index contributed by atoms with van der Waals surface area (Å²) in [7, 11) is 0. The van der Waals surface area contributed by atoms with Gasteiger partial charge in [-0.1, -0.05) is 96.8 Å². The second-order valence-electron chi connectivity index (χ2n) is 7.18. The van der Waals surface area contributed by atoms with Crippen LogP contribution in [0.2, 0.25) is 0 Å². The summed E-state index contributed by atoms with van der Waals surface area (Å²) >= 11 is 0. The van der Waals surface area contributed by atoms with Crippen LogP contribution < -0.4 is 0 Å². The Balaban J connectivity index is 0. The molecule has 0 aromatic carbocycles. The Morgan fingerprint density at radius 1 is 0.692 bits per heavy atom. The molecule has 0 heterocycles. The fraction of sp³-hybridized carbons (Fsp3) is 0.952. The largest absolute Gasteiger partial charge is 2.00 e. The van der Waals surface area contributed by atoms with E-state index in [1.807, 2.05) is 0 Å². The van der Waals surface area contributed by atoms with Gasteiger partial charge < -0.3 is 14.9 Å². The number of esters is 1. The predicted molar refractivity (Wildman–Crippen MR) is 109 cm³/mol. The van der Waals surface area contributed by atoms with Crippen molar-refractivity contribution in [3.63, 3.8) is 0 Å². The normalized spacial score (nSPS) is 10.8. The van der Waals surface area contributed by atoms with Crippen LogP contribution in [0.15, 0.2) is 0 Å². The summed E-state index contributed by atoms with van der Waals surface area (Å²) in [6.07, 6.45) is 19.1. The van der Waals surface area contributed by atoms with Crippen LogP contribution in [0.3, 0.4) is 0 Å². The maximum atomic E-state index is 11.5. The van der Waals surface area contributed by atoms with Crippen LogP contribution in [-0.2, 0) is 9.53 Å². The molecule has 0 radical (unpaired) electrons. The van der Waals surface area contributed by atoms with E-state index in [4.69, 9.17) is 14.9 Å². The molecule has 0 aliphatic carbocycles. The molecule has 0 aromatic heterocycles. The quantitative estimate of drug-likeness (QED) is 0.187. The van der Waals surface area contributed by atoms with E-state index in [0.717, 1.165) is 12.8 Å². The van der Waals surface area contributed by atoms with Crippen LogP contribution in [-0.4, -0.2) is 73.2 Å². The summed E-state index contributed by atoms with van der Waals surface area (Å²) in [5.74, 6) is -0.317. The molecule has 0 spiro atoms. The van der Waals surface area contributed by atoms with Gasteiger partial charge in [0.15, 0.2) is 0 Å². The van der Waals surface area contributed by atoms with Gasteiger partial charge in [0.2, 0.25) is 0 Å². The molecule has 0 saturated carbocycles. The molecule has 0 aliphatic heterocycles. The van der Waals surface area contributed by atoms with Crippen molar-refractivity contribution in [2.45, 2.75) is 116 Å². The molecule has 26 heavy (non-hydrogen) atoms. The third-order valence-corrected chi connectivity index (χ3v) is 4.69. The van der Waals surface area contributed by atoms with E-state index in [0.29, 0.717) is 6.42 Å². The van der Waals surface area contributed by atoms with E-state index in [1.165, 1.54) is 83.5 Å². The van der Waals surface area contributed by atoms with Gasteiger partial charge in [-0.05, 0) is 6.42 Å². The number of ether oxygens (including phenoxy) is 1. The SMILES string of the molecule is CCCCCCCCCCCCCCCCCC(=O)OC(CO)CO.[Ca+2]. The number of carbonyl (C=O) groups excluding carboxylic acids is 1. The average molecular weight is 399 g/mol. The fourth-order valence-corrected chi connectivity index (χ4v) is 3.02. The van der Waals surface area contributed by atoms with Crippen LogP contribution in [0.4, 0.5) is 0 Å². The standard InChI is InChI=1S/C21H42O4.Ca/c1-2-3-4-5-6-7-8-9-10-11-12-13-14-15-16-17-21(24)25-20(18-22)19-23;/h20,22-23H,2-19H2,1H3;/q;+2. The second-order valence-corrected chi connectivity index (χ2v) is 7.18. The number of carbonyl (C=O) groups is 1. The zero-order chi connectivity index (χ0) is 18.6. The van der Waals surface area contributed by atoms with E-state index in [2.05, 4.69) is 6.92 Å². The second kappa shape index (κ2) is 23.7. The molecule has 2 N–H and O–H groups in total. The van der Waals surface area contributed by atoms with Crippen molar-refractivity contribution in [2.75, 3.05) is 13.2 Å². The molecular weight excluding hydrogens is 356 g/mol. The molecule has 0 saturated heterocycles. The maximum absolute atomic E-state index is 11.5. The molecule has 0 atom stereocenters. The molecule has 0 fully saturated rings. The Labute approximate surface area is 191 Å². The van der Waals surface area contributed by atoms with Crippen molar-refractivity contribution in [3.05, 3.63) is 0 Å². The first-order chi connectivity index (χ1) is 12.2. The van der Waals surface area contributed by atoms with E-state index < -0.39 is 6.10 Å². The molecule has 0 bridgehead atoms. The molecule has 5 heteroatoms. The van der Waals surface area contributed by atoms with Crippen LogP contribution in [0.1, 0.15) is 110 Å². The molecule has 4 nitrogen and oxygen atoms in total. The number of hydrogen-bond donors (Lipinski definition) is 2. The summed E-state index contributed by atoms with van der Waals surface area (Å²) in [6.45, 7) is 1.63. The summed E-state index contributed by atoms with van der Waals surface area (Å²) < 4.78 is 4.93. The van der Waals surface area contributed by atoms with Crippen molar-refractivity contribution in [1.82, 2.24) is 0 Å². The van der Waals surface area contributed by atoms with Crippen molar-refractivity contribution < 1.29 is 19.7 Å². The number of unbranched alkanes of at least 4 members (excludes halogenated alkanes) is 14. The van der Waals surface area contributed by atoms with Gasteiger partial charge in [0, 0.05) is 6.42 Å². The maximum Gasteiger partial charge on any atom is 2.00 e. The third-order valence-electron chi connectivity index (χ3n) is 4.69. The number of rotatable bonds is 19. The summed E-state index contributed by atoms with van der Waals surface area (Å²) in [6, 6.07) is 0. The minimum atomic E-state index is -0.760. The van der Waals surface area contributed by atoms with E-state index in [1.54, 1.807) is 0 Å². The van der Waals surface area contributed by atoms with Gasteiger partial charge in [0.1, 0.15) is 6.10 Å². The molecule has 0 amide bonds. The zero-order valence-corrected chi connectivity index (χ0v) is 19.4. The van der Waals surface area contributed by atoms with Gasteiger partial charge in [-0.15, -0.1) is 0 Å². The topological polar surface area (TPSA) is 66.8 Å². The Hall–Kier alpha value is 0.650. The molecular formula is C21H42CaO4+2. The Morgan fingerprint density at radius 3 is 1.38 bits per heavy atom. The van der Waals surface area contributed by atoms with Crippen molar-refractivity contribution >= 4 is 43.7 Å². The minimum absolute atomic E-state index is 0. The molecule has 0 aliphatic rings. The summed E-state index contributed by atoms with van der Waals surface area (Å²) in [4.78, 5) is 11.5. The van der Waals surface area contributed by atoms with Crippen molar-refractivity contribution in [1.29, 1.82) is 0 Å². The van der Waals surface area contributed by atoms with Gasteiger partial charge >= 0.3 is 43.7 Å². The van der Waals surface area contributed by atoms with E-state index in [-0.39, 0.29) is 56.9 Å². The van der Waals surface area contributed by atoms with Gasteiger partial charge in [0.25, 0.3) is 0 Å². The monoisotopic (exact) mass is 398 g/mol. The predicted octanol–water partition coefficient (Wildman–Crippen LogP) is 4.76. The van der Waals surface area contributed by atoms with Crippen LogP contribution in [0.25, 0.3) is 0 Å². The Bertz CT molecular complexity index is 283. The zero-order valence-electron chi connectivity index (χ0n) is 17.2. The third kappa shape index (κ3) is 21.0. The Morgan fingerprint density at radius 2 is 1.04 bits per heavy atom. The van der Waals surface area contributed by atoms with E-state index in [9.17, 15) is 4.79 Å². The number of hydrogen-bond acceptors (Lipinski definition) is 4. The molecule has 150 valence electrons. The molecule has 0 aromatic rings. The summed E-state index contributed by atoms with van der Waals surface area (Å²) in [5, 5.41) is 17.7. The van der Waals surface area contributed by atoms with Crippen molar-refractivity contribution in [2.24, 2.45) is 0 Å². The van der Waals surface area contributed by atoms with Crippen molar-refractivity contribution in [3.8, 4) is 0 Å². The van der Waals surface area contributed by atoms with Gasteiger partial charge in [-0.2, -0.15) is 0 Å².